The number of aliphatic carboxylic acids is 1. The second-order valence-electron chi connectivity index (χ2n) is 8.11. The topological polar surface area (TPSA) is 98.0 Å². The molecule has 0 bridgehead atoms. The molecule has 158 valence electrons. The van der Waals surface area contributed by atoms with Gasteiger partial charge in [-0.25, -0.2) is 0 Å². The number of hydrogen-bond donors (Lipinski definition) is 4. The van der Waals surface area contributed by atoms with Crippen molar-refractivity contribution in [2.24, 2.45) is 11.8 Å². The maximum atomic E-state index is 10.5. The molecule has 0 radical (unpaired) electrons. The third kappa shape index (κ3) is 10.3. The van der Waals surface area contributed by atoms with Gasteiger partial charge < -0.3 is 20.4 Å². The number of rotatable bonds is 15. The lowest BCUT2D eigenvalue weighted by atomic mass is 9.88. The maximum absolute atomic E-state index is 10.5. The molecule has 5 atom stereocenters. The predicted molar refractivity (Wildman–Crippen MR) is 107 cm³/mol. The Labute approximate surface area is 164 Å². The maximum Gasteiger partial charge on any atom is 0.303 e. The van der Waals surface area contributed by atoms with Crippen LogP contribution in [-0.2, 0) is 4.79 Å². The Kier molecular flexibility index (Phi) is 12.6. The van der Waals surface area contributed by atoms with Crippen LogP contribution < -0.4 is 0 Å². The fourth-order valence-electron chi connectivity index (χ4n) is 4.10. The summed E-state index contributed by atoms with van der Waals surface area (Å²) in [7, 11) is 0. The fourth-order valence-corrected chi connectivity index (χ4v) is 4.10. The second-order valence-corrected chi connectivity index (χ2v) is 8.11. The normalized spacial score (nSPS) is 26.7. The summed E-state index contributed by atoms with van der Waals surface area (Å²) in [5.74, 6) is -0.910. The van der Waals surface area contributed by atoms with Gasteiger partial charge in [-0.15, -0.1) is 0 Å². The molecule has 1 aliphatic carbocycles. The highest BCUT2D eigenvalue weighted by molar-refractivity contribution is 5.66. The zero-order chi connectivity index (χ0) is 20.1. The second kappa shape index (κ2) is 14.1. The number of carboxylic acids is 1. The molecule has 0 spiro atoms. The van der Waals surface area contributed by atoms with Crippen LogP contribution in [-0.4, -0.2) is 44.7 Å². The molecule has 1 aliphatic rings. The Morgan fingerprint density at radius 1 is 1.00 bits per heavy atom. The molecule has 27 heavy (non-hydrogen) atoms. The minimum Gasteiger partial charge on any atom is -0.481 e. The molecule has 5 heteroatoms. The lowest BCUT2D eigenvalue weighted by Crippen LogP contribution is -2.21. The minimum absolute atomic E-state index is 0.0117. The van der Waals surface area contributed by atoms with Crippen LogP contribution in [0, 0.1) is 11.8 Å². The zero-order valence-electron chi connectivity index (χ0n) is 16.9. The highest BCUT2D eigenvalue weighted by Crippen LogP contribution is 2.37. The van der Waals surface area contributed by atoms with E-state index >= 15 is 0 Å². The molecule has 5 nitrogen and oxygen atoms in total. The first-order chi connectivity index (χ1) is 13.0. The Bertz CT molecular complexity index is 423. The zero-order valence-corrected chi connectivity index (χ0v) is 16.9. The molecule has 1 unspecified atom stereocenters. The van der Waals surface area contributed by atoms with Crippen molar-refractivity contribution in [1.82, 2.24) is 0 Å². The quantitative estimate of drug-likeness (QED) is 0.252. The molecular formula is C22H40O5. The van der Waals surface area contributed by atoms with Crippen molar-refractivity contribution in [3.8, 4) is 0 Å². The molecule has 0 aromatic rings. The summed E-state index contributed by atoms with van der Waals surface area (Å²) in [6.07, 6.45) is 13.7. The number of hydrogen-bond acceptors (Lipinski definition) is 4. The third-order valence-corrected chi connectivity index (χ3v) is 5.75. The van der Waals surface area contributed by atoms with Gasteiger partial charge in [0.25, 0.3) is 0 Å². The summed E-state index contributed by atoms with van der Waals surface area (Å²) in [5.41, 5.74) is 0. The number of unbranched alkanes of at least 4 members (excludes halogenated alkanes) is 7. The van der Waals surface area contributed by atoms with Crippen molar-refractivity contribution in [2.45, 2.75) is 109 Å². The van der Waals surface area contributed by atoms with Gasteiger partial charge in [0.1, 0.15) is 0 Å². The Hall–Kier alpha value is -0.910. The van der Waals surface area contributed by atoms with E-state index in [0.717, 1.165) is 38.5 Å². The van der Waals surface area contributed by atoms with Crippen LogP contribution in [0.3, 0.4) is 0 Å². The van der Waals surface area contributed by atoms with Crippen molar-refractivity contribution < 1.29 is 25.2 Å². The van der Waals surface area contributed by atoms with Gasteiger partial charge in [0.15, 0.2) is 0 Å². The molecule has 0 saturated heterocycles. The van der Waals surface area contributed by atoms with Crippen LogP contribution in [0.4, 0.5) is 0 Å². The molecular weight excluding hydrogens is 344 g/mol. The van der Waals surface area contributed by atoms with Gasteiger partial charge in [-0.2, -0.15) is 0 Å². The van der Waals surface area contributed by atoms with Gasteiger partial charge >= 0.3 is 5.97 Å². The molecule has 0 aromatic heterocycles. The Balaban J connectivity index is 2.33. The molecule has 1 saturated carbocycles. The largest absolute Gasteiger partial charge is 0.481 e. The average molecular weight is 385 g/mol. The highest BCUT2D eigenvalue weighted by atomic mass is 16.4. The standard InChI is InChI=1S/C22H40O5/c1-2-3-4-5-6-8-11-17(23)14-15-19-18(20(24)16-21(19)25)12-9-7-10-13-22(26)27/h14-15,17-21,23-25H,2-13,16H2,1H3,(H,26,27)/t17?,18-,19-,20+,21-/m1/s1. The first-order valence-electron chi connectivity index (χ1n) is 10.9. The van der Waals surface area contributed by atoms with Crippen molar-refractivity contribution in [1.29, 1.82) is 0 Å². The van der Waals surface area contributed by atoms with E-state index in [1.807, 2.05) is 6.08 Å². The lowest BCUT2D eigenvalue weighted by Gasteiger charge is -2.21. The van der Waals surface area contributed by atoms with Crippen LogP contribution in [0.2, 0.25) is 0 Å². The third-order valence-electron chi connectivity index (χ3n) is 5.75. The molecule has 1 fully saturated rings. The van der Waals surface area contributed by atoms with Gasteiger partial charge in [0.2, 0.25) is 0 Å². The van der Waals surface area contributed by atoms with E-state index in [2.05, 4.69) is 6.92 Å². The summed E-state index contributed by atoms with van der Waals surface area (Å²) in [6.45, 7) is 2.20. The van der Waals surface area contributed by atoms with Gasteiger partial charge in [-0.3, -0.25) is 4.79 Å². The predicted octanol–water partition coefficient (Wildman–Crippen LogP) is 4.05. The molecule has 4 N–H and O–H groups in total. The molecule has 0 heterocycles. The van der Waals surface area contributed by atoms with Crippen LogP contribution in [0.1, 0.15) is 90.4 Å². The van der Waals surface area contributed by atoms with E-state index in [9.17, 15) is 20.1 Å². The molecule has 0 aromatic carbocycles. The number of carboxylic acid groups (broad SMARTS) is 1. The summed E-state index contributed by atoms with van der Waals surface area (Å²) in [5, 5.41) is 39.3. The van der Waals surface area contributed by atoms with Crippen molar-refractivity contribution in [3.05, 3.63) is 12.2 Å². The molecule has 1 rings (SSSR count). The van der Waals surface area contributed by atoms with Crippen LogP contribution in [0.5, 0.6) is 0 Å². The summed E-state index contributed by atoms with van der Waals surface area (Å²) < 4.78 is 0. The van der Waals surface area contributed by atoms with Gasteiger partial charge in [0.05, 0.1) is 18.3 Å². The van der Waals surface area contributed by atoms with Crippen LogP contribution in [0.25, 0.3) is 0 Å². The lowest BCUT2D eigenvalue weighted by molar-refractivity contribution is -0.137. The van der Waals surface area contributed by atoms with Gasteiger partial charge in [-0.05, 0) is 25.2 Å². The van der Waals surface area contributed by atoms with Crippen molar-refractivity contribution in [2.75, 3.05) is 0 Å². The van der Waals surface area contributed by atoms with E-state index in [1.165, 1.54) is 25.7 Å². The molecule has 0 aliphatic heterocycles. The first kappa shape index (κ1) is 24.1. The van der Waals surface area contributed by atoms with Gasteiger partial charge in [0, 0.05) is 18.8 Å². The fraction of sp³-hybridized carbons (Fsp3) is 0.864. The van der Waals surface area contributed by atoms with E-state index in [0.29, 0.717) is 12.8 Å². The SMILES string of the molecule is CCCCCCCCC(O)C=C[C@@H]1[C@@H](CCCCCC(=O)O)[C@@H](O)C[C@H]1O. The summed E-state index contributed by atoms with van der Waals surface area (Å²) in [6, 6.07) is 0. The average Bonchev–Trinajstić information content (AvgIpc) is 2.88. The number of aliphatic hydroxyl groups is 3. The number of carbonyl (C=O) groups is 1. The van der Waals surface area contributed by atoms with E-state index in [1.54, 1.807) is 6.08 Å². The minimum atomic E-state index is -0.772. The van der Waals surface area contributed by atoms with E-state index in [4.69, 9.17) is 5.11 Å². The monoisotopic (exact) mass is 384 g/mol. The van der Waals surface area contributed by atoms with Crippen LogP contribution in [0.15, 0.2) is 12.2 Å². The number of aliphatic hydroxyl groups excluding tert-OH is 3. The van der Waals surface area contributed by atoms with E-state index < -0.39 is 24.3 Å². The smallest absolute Gasteiger partial charge is 0.303 e. The Morgan fingerprint density at radius 2 is 1.67 bits per heavy atom. The van der Waals surface area contributed by atoms with E-state index in [-0.39, 0.29) is 18.3 Å². The highest BCUT2D eigenvalue weighted by Gasteiger charge is 2.39. The first-order valence-corrected chi connectivity index (χ1v) is 10.9. The van der Waals surface area contributed by atoms with Crippen LogP contribution >= 0.6 is 0 Å². The van der Waals surface area contributed by atoms with Crippen molar-refractivity contribution in [3.63, 3.8) is 0 Å². The summed E-state index contributed by atoms with van der Waals surface area (Å²) in [4.78, 5) is 10.5. The Morgan fingerprint density at radius 3 is 2.37 bits per heavy atom. The molecule has 0 amide bonds. The summed E-state index contributed by atoms with van der Waals surface area (Å²) >= 11 is 0. The van der Waals surface area contributed by atoms with Crippen molar-refractivity contribution >= 4 is 5.97 Å². The van der Waals surface area contributed by atoms with Gasteiger partial charge in [-0.1, -0.05) is 70.4 Å².